The number of ether oxygens (including phenoxy) is 1. The van der Waals surface area contributed by atoms with E-state index in [0.717, 1.165) is 10.2 Å². The highest BCUT2D eigenvalue weighted by atomic mass is 79.9. The lowest BCUT2D eigenvalue weighted by Gasteiger charge is -2.09. The van der Waals surface area contributed by atoms with Crippen molar-refractivity contribution in [1.29, 1.82) is 0 Å². The first kappa shape index (κ1) is 11.0. The van der Waals surface area contributed by atoms with Crippen molar-refractivity contribution in [2.45, 2.75) is 0 Å². The Morgan fingerprint density at radius 1 is 1.31 bits per heavy atom. The van der Waals surface area contributed by atoms with Gasteiger partial charge in [0, 0.05) is 16.9 Å². The van der Waals surface area contributed by atoms with Crippen molar-refractivity contribution >= 4 is 21.9 Å². The van der Waals surface area contributed by atoms with Gasteiger partial charge in [0.05, 0.1) is 18.4 Å². The standard InChI is InChI=1S/C12H10BrNO2/c1-16-12(15)10-5-4-9(13)8-11(10)14-6-2-3-7-14/h2-8H,1H3. The van der Waals surface area contributed by atoms with E-state index in [0.29, 0.717) is 5.56 Å². The second-order valence-electron chi connectivity index (χ2n) is 3.24. The Morgan fingerprint density at radius 3 is 2.62 bits per heavy atom. The van der Waals surface area contributed by atoms with Gasteiger partial charge in [0.15, 0.2) is 0 Å². The number of methoxy groups -OCH3 is 1. The molecule has 0 N–H and O–H groups in total. The molecule has 82 valence electrons. The summed E-state index contributed by atoms with van der Waals surface area (Å²) in [5.74, 6) is -0.337. The molecule has 0 spiro atoms. The average molecular weight is 280 g/mol. The fraction of sp³-hybridized carbons (Fsp3) is 0.0833. The molecule has 2 rings (SSSR count). The largest absolute Gasteiger partial charge is 0.465 e. The number of rotatable bonds is 2. The zero-order valence-electron chi connectivity index (χ0n) is 8.68. The third-order valence-electron chi connectivity index (χ3n) is 2.25. The summed E-state index contributed by atoms with van der Waals surface area (Å²) < 4.78 is 7.54. The molecule has 0 atom stereocenters. The van der Waals surface area contributed by atoms with Gasteiger partial charge >= 0.3 is 5.97 Å². The topological polar surface area (TPSA) is 31.2 Å². The van der Waals surface area contributed by atoms with Crippen molar-refractivity contribution in [2.24, 2.45) is 0 Å². The van der Waals surface area contributed by atoms with Crippen molar-refractivity contribution < 1.29 is 9.53 Å². The Morgan fingerprint density at radius 2 is 2.00 bits per heavy atom. The van der Waals surface area contributed by atoms with Gasteiger partial charge in [-0.15, -0.1) is 0 Å². The Balaban J connectivity index is 2.57. The van der Waals surface area contributed by atoms with Crippen LogP contribution in [0.2, 0.25) is 0 Å². The van der Waals surface area contributed by atoms with Gasteiger partial charge in [-0.1, -0.05) is 15.9 Å². The monoisotopic (exact) mass is 279 g/mol. The van der Waals surface area contributed by atoms with E-state index >= 15 is 0 Å². The molecule has 0 radical (unpaired) electrons. The maximum atomic E-state index is 11.6. The van der Waals surface area contributed by atoms with Crippen molar-refractivity contribution in [1.82, 2.24) is 4.57 Å². The minimum absolute atomic E-state index is 0.337. The fourth-order valence-corrected chi connectivity index (χ4v) is 1.85. The van der Waals surface area contributed by atoms with Gasteiger partial charge in [0.2, 0.25) is 0 Å². The number of benzene rings is 1. The van der Waals surface area contributed by atoms with E-state index in [1.807, 2.05) is 41.2 Å². The quantitative estimate of drug-likeness (QED) is 0.792. The lowest BCUT2D eigenvalue weighted by Crippen LogP contribution is -2.06. The molecule has 0 fully saturated rings. The van der Waals surface area contributed by atoms with Gasteiger partial charge in [0.25, 0.3) is 0 Å². The highest BCUT2D eigenvalue weighted by Gasteiger charge is 2.12. The van der Waals surface area contributed by atoms with Crippen molar-refractivity contribution in [3.05, 3.63) is 52.8 Å². The number of carbonyl (C=O) groups excluding carboxylic acids is 1. The minimum Gasteiger partial charge on any atom is -0.465 e. The molecule has 16 heavy (non-hydrogen) atoms. The molecular formula is C12H10BrNO2. The van der Waals surface area contributed by atoms with E-state index in [1.54, 1.807) is 6.07 Å². The van der Waals surface area contributed by atoms with Crippen LogP contribution in [0, 0.1) is 0 Å². The predicted molar refractivity (Wildman–Crippen MR) is 64.8 cm³/mol. The van der Waals surface area contributed by atoms with Gasteiger partial charge in [-0.2, -0.15) is 0 Å². The van der Waals surface area contributed by atoms with Crippen LogP contribution in [0.5, 0.6) is 0 Å². The van der Waals surface area contributed by atoms with Gasteiger partial charge in [-0.25, -0.2) is 4.79 Å². The van der Waals surface area contributed by atoms with Gasteiger partial charge < -0.3 is 9.30 Å². The van der Waals surface area contributed by atoms with Gasteiger partial charge in [-0.3, -0.25) is 0 Å². The lowest BCUT2D eigenvalue weighted by atomic mass is 10.2. The molecule has 0 bridgehead atoms. The Bertz CT molecular complexity index is 506. The van der Waals surface area contributed by atoms with E-state index in [2.05, 4.69) is 15.9 Å². The number of halogens is 1. The molecule has 0 amide bonds. The number of carbonyl (C=O) groups is 1. The third kappa shape index (κ3) is 2.02. The molecule has 4 heteroatoms. The van der Waals surface area contributed by atoms with Crippen molar-refractivity contribution in [3.8, 4) is 5.69 Å². The molecule has 0 aliphatic heterocycles. The molecule has 0 saturated carbocycles. The van der Waals surface area contributed by atoms with Crippen LogP contribution in [-0.4, -0.2) is 17.6 Å². The van der Waals surface area contributed by atoms with E-state index in [-0.39, 0.29) is 5.97 Å². The normalized spacial score (nSPS) is 10.1. The second kappa shape index (κ2) is 4.53. The minimum atomic E-state index is -0.337. The number of esters is 1. The smallest absolute Gasteiger partial charge is 0.339 e. The molecule has 1 aromatic heterocycles. The first-order valence-electron chi connectivity index (χ1n) is 4.73. The van der Waals surface area contributed by atoms with E-state index in [9.17, 15) is 4.79 Å². The van der Waals surface area contributed by atoms with Crippen LogP contribution in [0.3, 0.4) is 0 Å². The highest BCUT2D eigenvalue weighted by Crippen LogP contribution is 2.21. The van der Waals surface area contributed by atoms with Crippen LogP contribution >= 0.6 is 15.9 Å². The van der Waals surface area contributed by atoms with Crippen molar-refractivity contribution in [3.63, 3.8) is 0 Å². The number of hydrogen-bond donors (Lipinski definition) is 0. The maximum Gasteiger partial charge on any atom is 0.339 e. The average Bonchev–Trinajstić information content (AvgIpc) is 2.81. The number of aromatic nitrogens is 1. The molecule has 0 saturated heterocycles. The molecule has 2 aromatic rings. The van der Waals surface area contributed by atoms with Crippen LogP contribution in [0.1, 0.15) is 10.4 Å². The molecular weight excluding hydrogens is 270 g/mol. The zero-order valence-corrected chi connectivity index (χ0v) is 10.3. The summed E-state index contributed by atoms with van der Waals surface area (Å²) in [6.07, 6.45) is 3.77. The highest BCUT2D eigenvalue weighted by molar-refractivity contribution is 9.10. The summed E-state index contributed by atoms with van der Waals surface area (Å²) in [5, 5.41) is 0. The van der Waals surface area contributed by atoms with E-state index in [1.165, 1.54) is 7.11 Å². The van der Waals surface area contributed by atoms with E-state index in [4.69, 9.17) is 4.74 Å². The molecule has 1 aromatic carbocycles. The van der Waals surface area contributed by atoms with Crippen molar-refractivity contribution in [2.75, 3.05) is 7.11 Å². The van der Waals surface area contributed by atoms with Crippen LogP contribution in [0.15, 0.2) is 47.2 Å². The molecule has 3 nitrogen and oxygen atoms in total. The molecule has 0 aliphatic carbocycles. The maximum absolute atomic E-state index is 11.6. The Labute approximate surface area is 102 Å². The van der Waals surface area contributed by atoms with Crippen LogP contribution < -0.4 is 0 Å². The Kier molecular flexibility index (Phi) is 3.10. The summed E-state index contributed by atoms with van der Waals surface area (Å²) in [7, 11) is 1.38. The number of nitrogens with zero attached hydrogens (tertiary/aromatic N) is 1. The third-order valence-corrected chi connectivity index (χ3v) is 2.74. The second-order valence-corrected chi connectivity index (χ2v) is 4.16. The van der Waals surface area contributed by atoms with E-state index < -0.39 is 0 Å². The summed E-state index contributed by atoms with van der Waals surface area (Å²) in [5.41, 5.74) is 1.34. The van der Waals surface area contributed by atoms with Crippen LogP contribution in [-0.2, 0) is 4.74 Å². The molecule has 1 heterocycles. The van der Waals surface area contributed by atoms with Gasteiger partial charge in [0.1, 0.15) is 0 Å². The summed E-state index contributed by atoms with van der Waals surface area (Å²) in [6.45, 7) is 0. The summed E-state index contributed by atoms with van der Waals surface area (Å²) in [6, 6.07) is 9.25. The summed E-state index contributed by atoms with van der Waals surface area (Å²) in [4.78, 5) is 11.6. The predicted octanol–water partition coefficient (Wildman–Crippen LogP) is 3.03. The molecule has 0 unspecified atom stereocenters. The fourth-order valence-electron chi connectivity index (χ4n) is 1.50. The number of hydrogen-bond acceptors (Lipinski definition) is 2. The lowest BCUT2D eigenvalue weighted by molar-refractivity contribution is 0.0601. The van der Waals surface area contributed by atoms with Crippen LogP contribution in [0.4, 0.5) is 0 Å². The molecule has 0 aliphatic rings. The zero-order chi connectivity index (χ0) is 11.5. The van der Waals surface area contributed by atoms with Crippen LogP contribution in [0.25, 0.3) is 5.69 Å². The first-order valence-corrected chi connectivity index (χ1v) is 5.53. The van der Waals surface area contributed by atoms with Gasteiger partial charge in [-0.05, 0) is 30.3 Å². The summed E-state index contributed by atoms with van der Waals surface area (Å²) >= 11 is 3.39. The SMILES string of the molecule is COC(=O)c1ccc(Br)cc1-n1cccc1. The Hall–Kier alpha value is -1.55. The first-order chi connectivity index (χ1) is 7.72.